The van der Waals surface area contributed by atoms with E-state index in [1.807, 2.05) is 44.2 Å². The summed E-state index contributed by atoms with van der Waals surface area (Å²) in [5.41, 5.74) is 3.03. The Balaban J connectivity index is 2.25. The van der Waals surface area contributed by atoms with Crippen LogP contribution >= 0.6 is 0 Å². The van der Waals surface area contributed by atoms with Crippen molar-refractivity contribution >= 4 is 15.7 Å². The van der Waals surface area contributed by atoms with Gasteiger partial charge in [-0.3, -0.25) is 0 Å². The fourth-order valence-corrected chi connectivity index (χ4v) is 4.35. The molecular formula is C19H23N3O2S. The Hall–Kier alpha value is -2.36. The lowest BCUT2D eigenvalue weighted by atomic mass is 10.1. The lowest BCUT2D eigenvalue weighted by Gasteiger charge is -2.20. The number of nitriles is 1. The average molecular weight is 357 g/mol. The minimum absolute atomic E-state index is 0.326. The van der Waals surface area contributed by atoms with Gasteiger partial charge in [-0.1, -0.05) is 32.0 Å². The molecule has 0 aromatic heterocycles. The Morgan fingerprint density at radius 1 is 1.12 bits per heavy atom. The maximum atomic E-state index is 12.8. The maximum Gasteiger partial charge on any atom is 0.243 e. The number of benzene rings is 2. The molecule has 0 aliphatic heterocycles. The molecule has 0 atom stereocenters. The van der Waals surface area contributed by atoms with Gasteiger partial charge in [-0.25, -0.2) is 8.42 Å². The van der Waals surface area contributed by atoms with Crippen LogP contribution in [0.5, 0.6) is 0 Å². The number of sulfonamides is 1. The first-order chi connectivity index (χ1) is 11.9. The normalized spacial score (nSPS) is 11.3. The van der Waals surface area contributed by atoms with E-state index >= 15 is 0 Å². The number of hydrogen-bond donors (Lipinski definition) is 1. The Kier molecular flexibility index (Phi) is 6.18. The molecule has 132 valence electrons. The second-order valence-corrected chi connectivity index (χ2v) is 7.64. The van der Waals surface area contributed by atoms with E-state index in [1.54, 1.807) is 19.1 Å². The third-order valence-corrected chi connectivity index (χ3v) is 6.26. The molecule has 1 N–H and O–H groups in total. The number of nitrogens with one attached hydrogen (secondary N) is 1. The summed E-state index contributed by atoms with van der Waals surface area (Å²) in [5, 5.41) is 12.2. The lowest BCUT2D eigenvalue weighted by Crippen LogP contribution is -2.31. The van der Waals surface area contributed by atoms with Crippen molar-refractivity contribution in [3.63, 3.8) is 0 Å². The first kappa shape index (κ1) is 19.0. The second-order valence-electron chi connectivity index (χ2n) is 5.74. The molecular weight excluding hydrogens is 334 g/mol. The lowest BCUT2D eigenvalue weighted by molar-refractivity contribution is 0.445. The number of aryl methyl sites for hydroxylation is 1. The van der Waals surface area contributed by atoms with Gasteiger partial charge in [0.25, 0.3) is 0 Å². The highest BCUT2D eigenvalue weighted by atomic mass is 32.2. The van der Waals surface area contributed by atoms with Gasteiger partial charge in [0.2, 0.25) is 10.0 Å². The second kappa shape index (κ2) is 8.15. The van der Waals surface area contributed by atoms with Crippen LogP contribution in [0.25, 0.3) is 0 Å². The van der Waals surface area contributed by atoms with Gasteiger partial charge < -0.3 is 5.32 Å². The van der Waals surface area contributed by atoms with Crippen LogP contribution in [-0.4, -0.2) is 25.8 Å². The number of nitrogens with zero attached hydrogens (tertiary/aromatic N) is 2. The third-order valence-electron chi connectivity index (χ3n) is 4.06. The number of anilines is 1. The predicted molar refractivity (Wildman–Crippen MR) is 99.8 cm³/mol. The first-order valence-corrected chi connectivity index (χ1v) is 9.70. The van der Waals surface area contributed by atoms with Crippen LogP contribution in [0.3, 0.4) is 0 Å². The van der Waals surface area contributed by atoms with E-state index in [2.05, 4.69) is 11.4 Å². The molecule has 0 radical (unpaired) electrons. The molecule has 2 aromatic rings. The molecule has 0 spiro atoms. The van der Waals surface area contributed by atoms with Gasteiger partial charge in [-0.15, -0.1) is 0 Å². The minimum Gasteiger partial charge on any atom is -0.381 e. The molecule has 0 saturated carbocycles. The van der Waals surface area contributed by atoms with Crippen molar-refractivity contribution in [1.29, 1.82) is 5.26 Å². The molecule has 6 heteroatoms. The monoisotopic (exact) mass is 357 g/mol. The van der Waals surface area contributed by atoms with Gasteiger partial charge in [-0.05, 0) is 42.3 Å². The molecule has 0 fully saturated rings. The van der Waals surface area contributed by atoms with Crippen molar-refractivity contribution < 1.29 is 8.42 Å². The molecule has 0 heterocycles. The highest BCUT2D eigenvalue weighted by molar-refractivity contribution is 7.89. The van der Waals surface area contributed by atoms with Gasteiger partial charge in [0, 0.05) is 25.3 Å². The Bertz CT molecular complexity index is 882. The van der Waals surface area contributed by atoms with E-state index in [0.717, 1.165) is 16.8 Å². The molecule has 0 unspecified atom stereocenters. The van der Waals surface area contributed by atoms with E-state index < -0.39 is 10.0 Å². The van der Waals surface area contributed by atoms with Crippen molar-refractivity contribution in [2.24, 2.45) is 0 Å². The largest absolute Gasteiger partial charge is 0.381 e. The van der Waals surface area contributed by atoms with Crippen LogP contribution in [0.1, 0.15) is 30.5 Å². The SMILES string of the molecule is CCN(CC)S(=O)(=O)c1cc(NCc2cccc(C#N)c2)ccc1C. The van der Waals surface area contributed by atoms with Gasteiger partial charge in [0.15, 0.2) is 0 Å². The molecule has 0 aliphatic rings. The molecule has 0 bridgehead atoms. The first-order valence-electron chi connectivity index (χ1n) is 8.26. The molecule has 5 nitrogen and oxygen atoms in total. The zero-order chi connectivity index (χ0) is 18.4. The van der Waals surface area contributed by atoms with E-state index in [1.165, 1.54) is 4.31 Å². The van der Waals surface area contributed by atoms with Gasteiger partial charge >= 0.3 is 0 Å². The van der Waals surface area contributed by atoms with Crippen molar-refractivity contribution in [2.75, 3.05) is 18.4 Å². The summed E-state index contributed by atoms with van der Waals surface area (Å²) in [7, 11) is -3.50. The van der Waals surface area contributed by atoms with E-state index in [9.17, 15) is 8.42 Å². The summed E-state index contributed by atoms with van der Waals surface area (Å²) >= 11 is 0. The maximum absolute atomic E-state index is 12.8. The Labute approximate surface area is 150 Å². The number of rotatable bonds is 7. The van der Waals surface area contributed by atoms with Gasteiger partial charge in [0.1, 0.15) is 0 Å². The smallest absolute Gasteiger partial charge is 0.243 e. The van der Waals surface area contributed by atoms with Crippen LogP contribution < -0.4 is 5.32 Å². The third kappa shape index (κ3) is 4.38. The molecule has 0 saturated heterocycles. The fraction of sp³-hybridized carbons (Fsp3) is 0.316. The highest BCUT2D eigenvalue weighted by Gasteiger charge is 2.23. The molecule has 0 amide bonds. The van der Waals surface area contributed by atoms with Crippen molar-refractivity contribution in [3.8, 4) is 6.07 Å². The fourth-order valence-electron chi connectivity index (χ4n) is 2.65. The highest BCUT2D eigenvalue weighted by Crippen LogP contribution is 2.24. The van der Waals surface area contributed by atoms with Crippen LogP contribution in [0.15, 0.2) is 47.4 Å². The zero-order valence-corrected chi connectivity index (χ0v) is 15.6. The van der Waals surface area contributed by atoms with Crippen molar-refractivity contribution in [3.05, 3.63) is 59.2 Å². The standard InChI is InChI=1S/C19H23N3O2S/c1-4-22(5-2)25(23,24)19-12-18(10-9-15(19)3)21-14-17-8-6-7-16(11-17)13-20/h6-12,21H,4-5,14H2,1-3H3. The Morgan fingerprint density at radius 2 is 1.84 bits per heavy atom. The molecule has 2 aromatic carbocycles. The Morgan fingerprint density at radius 3 is 2.48 bits per heavy atom. The van der Waals surface area contributed by atoms with E-state index in [0.29, 0.717) is 30.1 Å². The van der Waals surface area contributed by atoms with Gasteiger partial charge in [0.05, 0.1) is 16.5 Å². The van der Waals surface area contributed by atoms with Crippen LogP contribution in [0.2, 0.25) is 0 Å². The molecule has 25 heavy (non-hydrogen) atoms. The van der Waals surface area contributed by atoms with Gasteiger partial charge in [-0.2, -0.15) is 9.57 Å². The van der Waals surface area contributed by atoms with Crippen LogP contribution in [-0.2, 0) is 16.6 Å². The summed E-state index contributed by atoms with van der Waals surface area (Å²) < 4.78 is 27.0. The van der Waals surface area contributed by atoms with Crippen LogP contribution in [0.4, 0.5) is 5.69 Å². The predicted octanol–water partition coefficient (Wildman–Crippen LogP) is 3.51. The van der Waals surface area contributed by atoms with E-state index in [4.69, 9.17) is 5.26 Å². The van der Waals surface area contributed by atoms with Crippen molar-refractivity contribution in [1.82, 2.24) is 4.31 Å². The summed E-state index contributed by atoms with van der Waals surface area (Å²) in [4.78, 5) is 0.326. The summed E-state index contributed by atoms with van der Waals surface area (Å²) in [6.07, 6.45) is 0. The average Bonchev–Trinajstić information content (AvgIpc) is 2.61. The zero-order valence-electron chi connectivity index (χ0n) is 14.8. The van der Waals surface area contributed by atoms with Crippen molar-refractivity contribution in [2.45, 2.75) is 32.2 Å². The van der Waals surface area contributed by atoms with Crippen LogP contribution in [0, 0.1) is 18.3 Å². The molecule has 0 aliphatic carbocycles. The van der Waals surface area contributed by atoms with E-state index in [-0.39, 0.29) is 0 Å². The minimum atomic E-state index is -3.50. The number of hydrogen-bond acceptors (Lipinski definition) is 4. The molecule has 2 rings (SSSR count). The summed E-state index contributed by atoms with van der Waals surface area (Å²) in [5.74, 6) is 0. The summed E-state index contributed by atoms with van der Waals surface area (Å²) in [6, 6.07) is 14.8. The topological polar surface area (TPSA) is 73.2 Å². The quantitative estimate of drug-likeness (QED) is 0.823. The summed E-state index contributed by atoms with van der Waals surface area (Å²) in [6.45, 7) is 6.87.